The van der Waals surface area contributed by atoms with Crippen LogP contribution in [0.5, 0.6) is 0 Å². The van der Waals surface area contributed by atoms with Crippen LogP contribution in [0.4, 0.5) is 18.9 Å². The Morgan fingerprint density at radius 1 is 1.23 bits per heavy atom. The molecule has 1 amide bonds. The Bertz CT molecular complexity index is 1150. The highest BCUT2D eigenvalue weighted by atomic mass is 35.5. The Labute approximate surface area is 185 Å². The summed E-state index contributed by atoms with van der Waals surface area (Å²) in [5.74, 6) is -0.410. The zero-order chi connectivity index (χ0) is 22.8. The molecule has 0 saturated carbocycles. The summed E-state index contributed by atoms with van der Waals surface area (Å²) in [7, 11) is 0. The standard InChI is InChI=1S/C20H17ClF3N5OS/c1-12-6-13(2)8-15(7-12)28(5-3-4-25)17(30)11-31-19-27-26-18-16(21)9-14(10-29(18)19)20(22,23)24/h6-10H,3,5,11H2,1-2H3. The van der Waals surface area contributed by atoms with Crippen molar-refractivity contribution in [2.75, 3.05) is 17.2 Å². The molecule has 6 nitrogen and oxygen atoms in total. The second-order valence-corrected chi connectivity index (χ2v) is 8.19. The number of rotatable bonds is 6. The van der Waals surface area contributed by atoms with Crippen molar-refractivity contribution in [1.29, 1.82) is 5.26 Å². The molecule has 0 spiro atoms. The van der Waals surface area contributed by atoms with Crippen molar-refractivity contribution < 1.29 is 18.0 Å². The van der Waals surface area contributed by atoms with Gasteiger partial charge in [-0.2, -0.15) is 18.4 Å². The monoisotopic (exact) mass is 467 g/mol. The third-order valence-corrected chi connectivity index (χ3v) is 5.55. The van der Waals surface area contributed by atoms with E-state index in [-0.39, 0.29) is 40.5 Å². The van der Waals surface area contributed by atoms with Crippen LogP contribution in [0.3, 0.4) is 0 Å². The van der Waals surface area contributed by atoms with Crippen molar-refractivity contribution in [2.24, 2.45) is 0 Å². The van der Waals surface area contributed by atoms with Crippen LogP contribution in [-0.2, 0) is 11.0 Å². The van der Waals surface area contributed by atoms with Gasteiger partial charge in [-0.15, -0.1) is 10.2 Å². The summed E-state index contributed by atoms with van der Waals surface area (Å²) in [5.41, 5.74) is 1.72. The van der Waals surface area contributed by atoms with Gasteiger partial charge >= 0.3 is 6.18 Å². The lowest BCUT2D eigenvalue weighted by Gasteiger charge is -2.22. The van der Waals surface area contributed by atoms with Crippen molar-refractivity contribution in [3.8, 4) is 6.07 Å². The predicted octanol–water partition coefficient (Wildman–Crippen LogP) is 5.06. The largest absolute Gasteiger partial charge is 0.417 e. The molecule has 0 saturated heterocycles. The quantitative estimate of drug-likeness (QED) is 0.474. The van der Waals surface area contributed by atoms with E-state index in [0.29, 0.717) is 5.69 Å². The average molecular weight is 468 g/mol. The number of aryl methyl sites for hydroxylation is 2. The van der Waals surface area contributed by atoms with Gasteiger partial charge in [0.25, 0.3) is 0 Å². The second kappa shape index (κ2) is 9.16. The molecule has 162 valence electrons. The molecule has 0 N–H and O–H groups in total. The van der Waals surface area contributed by atoms with Crippen molar-refractivity contribution in [1.82, 2.24) is 14.6 Å². The minimum Gasteiger partial charge on any atom is -0.311 e. The highest BCUT2D eigenvalue weighted by Gasteiger charge is 2.32. The van der Waals surface area contributed by atoms with Crippen LogP contribution in [-0.4, -0.2) is 32.8 Å². The number of amides is 1. The lowest BCUT2D eigenvalue weighted by atomic mass is 10.1. The number of pyridine rings is 1. The molecule has 11 heteroatoms. The van der Waals surface area contributed by atoms with Crippen molar-refractivity contribution in [2.45, 2.75) is 31.6 Å². The fourth-order valence-corrected chi connectivity index (χ4v) is 4.09. The summed E-state index contributed by atoms with van der Waals surface area (Å²) in [6.45, 7) is 4.01. The molecule has 3 aromatic rings. The Kier molecular flexibility index (Phi) is 6.77. The number of thioether (sulfide) groups is 1. The highest BCUT2D eigenvalue weighted by Crippen LogP contribution is 2.33. The van der Waals surface area contributed by atoms with Crippen molar-refractivity contribution in [3.63, 3.8) is 0 Å². The number of anilines is 1. The first-order valence-electron chi connectivity index (χ1n) is 9.10. The van der Waals surface area contributed by atoms with Crippen LogP contribution in [0.25, 0.3) is 5.65 Å². The topological polar surface area (TPSA) is 74.3 Å². The number of hydrogen-bond acceptors (Lipinski definition) is 5. The zero-order valence-corrected chi connectivity index (χ0v) is 18.1. The number of aromatic nitrogens is 3. The van der Waals surface area contributed by atoms with Gasteiger partial charge in [-0.3, -0.25) is 9.20 Å². The van der Waals surface area contributed by atoms with Crippen LogP contribution in [0, 0.1) is 25.2 Å². The number of fused-ring (bicyclic) bond motifs is 1. The third-order valence-electron chi connectivity index (χ3n) is 4.35. The number of carbonyl (C=O) groups is 1. The van der Waals surface area contributed by atoms with E-state index < -0.39 is 11.7 Å². The lowest BCUT2D eigenvalue weighted by Crippen LogP contribution is -2.33. The van der Waals surface area contributed by atoms with Crippen molar-refractivity contribution >= 4 is 40.6 Å². The first-order valence-corrected chi connectivity index (χ1v) is 10.5. The van der Waals surface area contributed by atoms with Crippen LogP contribution in [0.1, 0.15) is 23.1 Å². The van der Waals surface area contributed by atoms with E-state index in [1.807, 2.05) is 38.1 Å². The number of hydrogen-bond donors (Lipinski definition) is 0. The van der Waals surface area contributed by atoms with E-state index in [1.165, 1.54) is 4.90 Å². The lowest BCUT2D eigenvalue weighted by molar-refractivity contribution is -0.137. The molecule has 2 heterocycles. The smallest absolute Gasteiger partial charge is 0.311 e. The molecule has 0 bridgehead atoms. The Morgan fingerprint density at radius 2 is 1.90 bits per heavy atom. The summed E-state index contributed by atoms with van der Waals surface area (Å²) in [6.07, 6.45) is -3.59. The molecule has 0 aliphatic carbocycles. The van der Waals surface area contributed by atoms with E-state index in [9.17, 15) is 18.0 Å². The van der Waals surface area contributed by atoms with Gasteiger partial charge in [0.15, 0.2) is 10.8 Å². The van der Waals surface area contributed by atoms with E-state index in [4.69, 9.17) is 16.9 Å². The summed E-state index contributed by atoms with van der Waals surface area (Å²) < 4.78 is 40.5. The van der Waals surface area contributed by atoms with Gasteiger partial charge < -0.3 is 4.90 Å². The number of benzene rings is 1. The van der Waals surface area contributed by atoms with E-state index in [1.54, 1.807) is 0 Å². The zero-order valence-electron chi connectivity index (χ0n) is 16.6. The maximum absolute atomic E-state index is 13.1. The molecular formula is C20H17ClF3N5OS. The van der Waals surface area contributed by atoms with Gasteiger partial charge in [0.05, 0.1) is 28.8 Å². The number of halogens is 4. The molecule has 1 aromatic carbocycles. The minimum absolute atomic E-state index is 0.0697. The summed E-state index contributed by atoms with van der Waals surface area (Å²) in [4.78, 5) is 14.4. The molecular weight excluding hydrogens is 451 g/mol. The van der Waals surface area contributed by atoms with Gasteiger partial charge in [-0.05, 0) is 43.2 Å². The summed E-state index contributed by atoms with van der Waals surface area (Å²) >= 11 is 6.87. The molecule has 2 aromatic heterocycles. The first-order chi connectivity index (χ1) is 14.6. The first kappa shape index (κ1) is 22.9. The second-order valence-electron chi connectivity index (χ2n) is 6.84. The number of nitriles is 1. The molecule has 0 atom stereocenters. The van der Waals surface area contributed by atoms with Crippen LogP contribution >= 0.6 is 23.4 Å². The molecule has 0 aliphatic heterocycles. The molecule has 0 fully saturated rings. The van der Waals surface area contributed by atoms with Crippen LogP contribution < -0.4 is 4.90 Å². The number of alkyl halides is 3. The van der Waals surface area contributed by atoms with Crippen LogP contribution in [0.15, 0.2) is 35.6 Å². The fraction of sp³-hybridized carbons (Fsp3) is 0.300. The number of carbonyl (C=O) groups excluding carboxylic acids is 1. The normalized spacial score (nSPS) is 11.5. The van der Waals surface area contributed by atoms with Gasteiger partial charge in [0.1, 0.15) is 0 Å². The fourth-order valence-electron chi connectivity index (χ4n) is 3.06. The Morgan fingerprint density at radius 3 is 2.52 bits per heavy atom. The van der Waals surface area contributed by atoms with E-state index in [0.717, 1.165) is 39.6 Å². The Hall–Kier alpha value is -2.77. The SMILES string of the molecule is Cc1cc(C)cc(N(CCC#N)C(=O)CSc2nnc3c(Cl)cc(C(F)(F)F)cn23)c1. The maximum atomic E-state index is 13.1. The van der Waals surface area contributed by atoms with Gasteiger partial charge in [0.2, 0.25) is 5.91 Å². The van der Waals surface area contributed by atoms with Crippen LogP contribution in [0.2, 0.25) is 5.02 Å². The molecule has 3 rings (SSSR count). The molecule has 0 radical (unpaired) electrons. The minimum atomic E-state index is -4.59. The maximum Gasteiger partial charge on any atom is 0.417 e. The third kappa shape index (κ3) is 5.29. The number of nitrogens with zero attached hydrogens (tertiary/aromatic N) is 5. The van der Waals surface area contributed by atoms with E-state index in [2.05, 4.69) is 10.2 Å². The van der Waals surface area contributed by atoms with Gasteiger partial charge in [-0.1, -0.05) is 29.4 Å². The summed E-state index contributed by atoms with van der Waals surface area (Å²) in [6, 6.07) is 8.46. The van der Waals surface area contributed by atoms with E-state index >= 15 is 0 Å². The molecule has 0 aliphatic rings. The molecule has 0 unspecified atom stereocenters. The van der Waals surface area contributed by atoms with Gasteiger partial charge in [0, 0.05) is 18.4 Å². The van der Waals surface area contributed by atoms with Crippen molar-refractivity contribution in [3.05, 3.63) is 52.2 Å². The average Bonchev–Trinajstić information content (AvgIpc) is 3.09. The highest BCUT2D eigenvalue weighted by molar-refractivity contribution is 7.99. The Balaban J connectivity index is 1.86. The van der Waals surface area contributed by atoms with Gasteiger partial charge in [-0.25, -0.2) is 0 Å². The predicted molar refractivity (Wildman–Crippen MR) is 112 cm³/mol. The summed E-state index contributed by atoms with van der Waals surface area (Å²) in [5, 5.41) is 16.6. The molecule has 31 heavy (non-hydrogen) atoms.